The van der Waals surface area contributed by atoms with Crippen molar-refractivity contribution in [3.05, 3.63) is 35.4 Å². The molecule has 0 bridgehead atoms. The maximum atomic E-state index is 12.1. The van der Waals surface area contributed by atoms with Gasteiger partial charge in [0, 0.05) is 0 Å². The Morgan fingerprint density at radius 3 is 2.44 bits per heavy atom. The third-order valence-electron chi connectivity index (χ3n) is 3.24. The largest absolute Gasteiger partial charge is 0.573 e. The molecule has 0 saturated heterocycles. The Bertz CT molecular complexity index is 452. The topological polar surface area (TPSA) is 9.23 Å². The van der Waals surface area contributed by atoms with Crippen molar-refractivity contribution >= 4 is 5.57 Å². The lowest BCUT2D eigenvalue weighted by Crippen LogP contribution is -2.17. The molecular weight excluding hydrogens is 241 g/mol. The molecule has 1 nitrogen and oxygen atoms in total. The van der Waals surface area contributed by atoms with Crippen LogP contribution in [0.2, 0.25) is 0 Å². The summed E-state index contributed by atoms with van der Waals surface area (Å²) in [7, 11) is 0. The van der Waals surface area contributed by atoms with Gasteiger partial charge in [-0.05, 0) is 55.9 Å². The normalized spacial score (nSPS) is 15.9. The summed E-state index contributed by atoms with van der Waals surface area (Å²) in [6.07, 6.45) is -0.184. The summed E-state index contributed by atoms with van der Waals surface area (Å²) in [5, 5.41) is 0. The van der Waals surface area contributed by atoms with Gasteiger partial charge in [0.05, 0.1) is 0 Å². The molecule has 0 amide bonds. The van der Waals surface area contributed by atoms with Crippen LogP contribution in [-0.4, -0.2) is 6.36 Å². The summed E-state index contributed by atoms with van der Waals surface area (Å²) >= 11 is 0. The Morgan fingerprint density at radius 2 is 1.83 bits per heavy atom. The van der Waals surface area contributed by atoms with Gasteiger partial charge in [0.1, 0.15) is 5.75 Å². The van der Waals surface area contributed by atoms with Crippen LogP contribution in [0.3, 0.4) is 0 Å². The first-order valence-electron chi connectivity index (χ1n) is 6.00. The highest BCUT2D eigenvalue weighted by molar-refractivity contribution is 5.68. The highest BCUT2D eigenvalue weighted by Gasteiger charge is 2.31. The van der Waals surface area contributed by atoms with Crippen molar-refractivity contribution in [2.45, 2.75) is 39.0 Å². The fourth-order valence-electron chi connectivity index (χ4n) is 2.31. The number of rotatable bonds is 2. The molecule has 18 heavy (non-hydrogen) atoms. The van der Waals surface area contributed by atoms with Crippen LogP contribution < -0.4 is 4.74 Å². The predicted octanol–water partition coefficient (Wildman–Crippen LogP) is 4.93. The van der Waals surface area contributed by atoms with E-state index in [4.69, 9.17) is 0 Å². The number of ether oxygens (including phenoxy) is 1. The van der Waals surface area contributed by atoms with Gasteiger partial charge in [-0.1, -0.05) is 17.7 Å². The van der Waals surface area contributed by atoms with E-state index in [1.54, 1.807) is 6.07 Å². The second-order valence-electron chi connectivity index (χ2n) is 4.51. The van der Waals surface area contributed by atoms with Gasteiger partial charge in [0.2, 0.25) is 0 Å². The van der Waals surface area contributed by atoms with Crippen molar-refractivity contribution in [2.24, 2.45) is 0 Å². The third-order valence-corrected chi connectivity index (χ3v) is 3.24. The molecule has 1 saturated carbocycles. The van der Waals surface area contributed by atoms with E-state index in [9.17, 15) is 13.2 Å². The number of halogens is 3. The Kier molecular flexibility index (Phi) is 3.64. The second kappa shape index (κ2) is 5.04. The summed E-state index contributed by atoms with van der Waals surface area (Å²) < 4.78 is 40.4. The number of alkyl halides is 3. The van der Waals surface area contributed by atoms with E-state index in [1.165, 1.54) is 30.5 Å². The lowest BCUT2D eigenvalue weighted by atomic mass is 10.0. The smallest absolute Gasteiger partial charge is 0.406 e. The Labute approximate surface area is 104 Å². The molecule has 0 atom stereocenters. The highest BCUT2D eigenvalue weighted by Crippen LogP contribution is 2.33. The first-order valence-corrected chi connectivity index (χ1v) is 6.00. The average molecular weight is 256 g/mol. The van der Waals surface area contributed by atoms with Gasteiger partial charge in [-0.2, -0.15) is 0 Å². The van der Waals surface area contributed by atoms with Crippen molar-refractivity contribution in [1.29, 1.82) is 0 Å². The Morgan fingerprint density at radius 1 is 1.17 bits per heavy atom. The zero-order valence-corrected chi connectivity index (χ0v) is 10.2. The molecule has 0 aliphatic heterocycles. The van der Waals surface area contributed by atoms with E-state index in [-0.39, 0.29) is 5.75 Å². The maximum Gasteiger partial charge on any atom is 0.573 e. The fraction of sp³-hybridized carbons (Fsp3) is 0.429. The molecule has 0 radical (unpaired) electrons. The van der Waals surface area contributed by atoms with Crippen LogP contribution in [0.5, 0.6) is 5.75 Å². The molecular formula is C14H15F3O. The minimum Gasteiger partial charge on any atom is -0.406 e. The molecule has 4 heteroatoms. The quantitative estimate of drug-likeness (QED) is 0.728. The monoisotopic (exact) mass is 256 g/mol. The molecule has 1 aromatic rings. The molecule has 0 aromatic heterocycles. The molecule has 1 aliphatic carbocycles. The van der Waals surface area contributed by atoms with Crippen LogP contribution in [0.1, 0.15) is 38.2 Å². The van der Waals surface area contributed by atoms with Gasteiger partial charge < -0.3 is 4.74 Å². The molecule has 2 rings (SSSR count). The van der Waals surface area contributed by atoms with Crippen LogP contribution in [0.4, 0.5) is 13.2 Å². The van der Waals surface area contributed by atoms with Crippen LogP contribution in [-0.2, 0) is 0 Å². The first kappa shape index (κ1) is 13.0. The van der Waals surface area contributed by atoms with E-state index in [0.29, 0.717) is 0 Å². The van der Waals surface area contributed by atoms with E-state index < -0.39 is 6.36 Å². The molecule has 1 aromatic carbocycles. The van der Waals surface area contributed by atoms with Gasteiger partial charge >= 0.3 is 6.36 Å². The summed E-state index contributed by atoms with van der Waals surface area (Å²) in [4.78, 5) is 0. The van der Waals surface area contributed by atoms with Gasteiger partial charge in [-0.15, -0.1) is 13.2 Å². The molecule has 1 aliphatic rings. The second-order valence-corrected chi connectivity index (χ2v) is 4.51. The Hall–Kier alpha value is -1.45. The number of allylic oxidation sites excluding steroid dienone is 2. The maximum absolute atomic E-state index is 12.1. The van der Waals surface area contributed by atoms with E-state index >= 15 is 0 Å². The number of hydrogen-bond acceptors (Lipinski definition) is 1. The molecule has 0 unspecified atom stereocenters. The standard InChI is InChI=1S/C14H15F3O/c1-10(11-5-2-3-6-11)12-7-4-8-13(9-12)18-14(15,16)17/h4,7-9H,2-3,5-6H2,1H3. The van der Waals surface area contributed by atoms with Gasteiger partial charge in [0.15, 0.2) is 0 Å². The summed E-state index contributed by atoms with van der Waals surface area (Å²) in [5.41, 5.74) is 3.24. The zero-order chi connectivity index (χ0) is 13.2. The predicted molar refractivity (Wildman–Crippen MR) is 64.2 cm³/mol. The van der Waals surface area contributed by atoms with Gasteiger partial charge in [-0.3, -0.25) is 0 Å². The van der Waals surface area contributed by atoms with Crippen LogP contribution in [0, 0.1) is 0 Å². The van der Waals surface area contributed by atoms with Crippen molar-refractivity contribution in [1.82, 2.24) is 0 Å². The van der Waals surface area contributed by atoms with Crippen LogP contribution >= 0.6 is 0 Å². The minimum atomic E-state index is -4.63. The summed E-state index contributed by atoms with van der Waals surface area (Å²) in [5.74, 6) is -0.155. The summed E-state index contributed by atoms with van der Waals surface area (Å²) in [6, 6.07) is 6.19. The lowest BCUT2D eigenvalue weighted by Gasteiger charge is -2.11. The fourth-order valence-corrected chi connectivity index (χ4v) is 2.31. The molecule has 1 fully saturated rings. The highest BCUT2D eigenvalue weighted by atomic mass is 19.4. The van der Waals surface area contributed by atoms with Gasteiger partial charge in [0.25, 0.3) is 0 Å². The molecule has 0 spiro atoms. The molecule has 0 heterocycles. The van der Waals surface area contributed by atoms with Crippen LogP contribution in [0.15, 0.2) is 29.8 Å². The summed E-state index contributed by atoms with van der Waals surface area (Å²) in [6.45, 7) is 1.97. The van der Waals surface area contributed by atoms with Crippen molar-refractivity contribution < 1.29 is 17.9 Å². The number of hydrogen-bond donors (Lipinski definition) is 0. The van der Waals surface area contributed by atoms with E-state index in [1.807, 2.05) is 13.0 Å². The average Bonchev–Trinajstić information content (AvgIpc) is 2.79. The number of benzene rings is 1. The van der Waals surface area contributed by atoms with Crippen molar-refractivity contribution in [2.75, 3.05) is 0 Å². The van der Waals surface area contributed by atoms with E-state index in [0.717, 1.165) is 24.0 Å². The minimum absolute atomic E-state index is 0.155. The molecule has 0 N–H and O–H groups in total. The van der Waals surface area contributed by atoms with Crippen LogP contribution in [0.25, 0.3) is 5.57 Å². The zero-order valence-electron chi connectivity index (χ0n) is 10.2. The van der Waals surface area contributed by atoms with E-state index in [2.05, 4.69) is 4.74 Å². The lowest BCUT2D eigenvalue weighted by molar-refractivity contribution is -0.274. The molecule has 98 valence electrons. The van der Waals surface area contributed by atoms with Crippen molar-refractivity contribution in [3.8, 4) is 5.75 Å². The first-order chi connectivity index (χ1) is 8.46. The Balaban J connectivity index is 2.24. The third kappa shape index (κ3) is 3.28. The van der Waals surface area contributed by atoms with Gasteiger partial charge in [-0.25, -0.2) is 0 Å². The SMILES string of the molecule is CC(=C1CCCC1)c1cccc(OC(F)(F)F)c1. The van der Waals surface area contributed by atoms with Crippen molar-refractivity contribution in [3.63, 3.8) is 0 Å².